The number of halogens is 1. The van der Waals surface area contributed by atoms with Gasteiger partial charge in [0.15, 0.2) is 0 Å². The van der Waals surface area contributed by atoms with E-state index >= 15 is 0 Å². The first-order valence-corrected chi connectivity index (χ1v) is 5.35. The van der Waals surface area contributed by atoms with Crippen LogP contribution in [0.25, 0.3) is 0 Å². The molecule has 1 amide bonds. The summed E-state index contributed by atoms with van der Waals surface area (Å²) in [7, 11) is 0. The van der Waals surface area contributed by atoms with Crippen LogP contribution in [0.5, 0.6) is 0 Å². The number of amides is 1. The van der Waals surface area contributed by atoms with Crippen LogP contribution in [-0.4, -0.2) is 23.6 Å². The lowest BCUT2D eigenvalue weighted by atomic mass is 10.1. The number of hydrogen-bond acceptors (Lipinski definition) is 2. The van der Waals surface area contributed by atoms with Crippen LogP contribution in [0, 0.1) is 5.92 Å². The van der Waals surface area contributed by atoms with Crippen LogP contribution in [0.4, 0.5) is 4.79 Å². The number of carbonyl (C=O) groups is 1. The molecule has 0 aromatic rings. The maximum absolute atomic E-state index is 11.3. The molecule has 0 saturated carbocycles. The van der Waals surface area contributed by atoms with Gasteiger partial charge in [0, 0.05) is 11.9 Å². The van der Waals surface area contributed by atoms with Gasteiger partial charge in [-0.3, -0.25) is 0 Å². The molecule has 0 aliphatic heterocycles. The van der Waals surface area contributed by atoms with Crippen molar-refractivity contribution in [1.29, 1.82) is 0 Å². The van der Waals surface area contributed by atoms with E-state index in [1.54, 1.807) is 0 Å². The average molecular weight is 222 g/mol. The van der Waals surface area contributed by atoms with Gasteiger partial charge in [-0.1, -0.05) is 6.92 Å². The molecule has 0 aromatic carbocycles. The number of alkyl halides is 1. The smallest absolute Gasteiger partial charge is 0.407 e. The third-order valence-electron chi connectivity index (χ3n) is 1.84. The van der Waals surface area contributed by atoms with E-state index in [1.807, 2.05) is 34.6 Å². The second kappa shape index (κ2) is 5.44. The number of ether oxygens (including phenoxy) is 1. The van der Waals surface area contributed by atoms with Crippen LogP contribution in [0.2, 0.25) is 0 Å². The van der Waals surface area contributed by atoms with E-state index in [1.165, 1.54) is 0 Å². The zero-order valence-electron chi connectivity index (χ0n) is 9.56. The average Bonchev–Trinajstić information content (AvgIpc) is 1.99. The largest absolute Gasteiger partial charge is 0.444 e. The second-order valence-electron chi connectivity index (χ2n) is 4.57. The van der Waals surface area contributed by atoms with E-state index in [9.17, 15) is 4.79 Å². The lowest BCUT2D eigenvalue weighted by molar-refractivity contribution is 0.0497. The predicted octanol–water partition coefficient (Wildman–Crippen LogP) is 2.77. The van der Waals surface area contributed by atoms with Gasteiger partial charge >= 0.3 is 6.09 Å². The standard InChI is InChI=1S/C10H20ClNO2/c1-7(6-11)8(2)12-9(13)14-10(3,4)5/h7-8H,6H2,1-5H3,(H,12,13). The lowest BCUT2D eigenvalue weighted by Crippen LogP contribution is -2.41. The van der Waals surface area contributed by atoms with Crippen LogP contribution in [-0.2, 0) is 4.74 Å². The Morgan fingerprint density at radius 2 is 1.93 bits per heavy atom. The van der Waals surface area contributed by atoms with Gasteiger partial charge in [0.25, 0.3) is 0 Å². The van der Waals surface area contributed by atoms with Crippen LogP contribution < -0.4 is 5.32 Å². The van der Waals surface area contributed by atoms with Gasteiger partial charge in [-0.05, 0) is 33.6 Å². The van der Waals surface area contributed by atoms with Gasteiger partial charge in [0.1, 0.15) is 5.60 Å². The summed E-state index contributed by atoms with van der Waals surface area (Å²) in [6, 6.07) is 0.0300. The molecule has 0 fully saturated rings. The van der Waals surface area contributed by atoms with E-state index in [-0.39, 0.29) is 18.1 Å². The quantitative estimate of drug-likeness (QED) is 0.745. The monoisotopic (exact) mass is 221 g/mol. The first-order chi connectivity index (χ1) is 6.26. The molecular weight excluding hydrogens is 202 g/mol. The first kappa shape index (κ1) is 13.6. The fourth-order valence-electron chi connectivity index (χ4n) is 0.769. The van der Waals surface area contributed by atoms with Crippen molar-refractivity contribution < 1.29 is 9.53 Å². The van der Waals surface area contributed by atoms with E-state index < -0.39 is 5.60 Å². The van der Waals surface area contributed by atoms with Crippen LogP contribution in [0.1, 0.15) is 34.6 Å². The minimum absolute atomic E-state index is 0.0300. The number of nitrogens with one attached hydrogen (secondary N) is 1. The molecule has 0 radical (unpaired) electrons. The highest BCUT2D eigenvalue weighted by Gasteiger charge is 2.19. The Morgan fingerprint density at radius 3 is 2.29 bits per heavy atom. The molecule has 14 heavy (non-hydrogen) atoms. The van der Waals surface area contributed by atoms with Gasteiger partial charge in [0.05, 0.1) is 0 Å². The SMILES string of the molecule is CC(CCl)C(C)NC(=O)OC(C)(C)C. The summed E-state index contributed by atoms with van der Waals surface area (Å²) in [5, 5.41) is 2.74. The molecule has 0 saturated heterocycles. The molecule has 0 aliphatic carbocycles. The minimum Gasteiger partial charge on any atom is -0.444 e. The Labute approximate surface area is 91.2 Å². The number of rotatable bonds is 3. The second-order valence-corrected chi connectivity index (χ2v) is 4.88. The molecule has 0 rings (SSSR count). The van der Waals surface area contributed by atoms with Crippen molar-refractivity contribution in [2.75, 3.05) is 5.88 Å². The Hall–Kier alpha value is -0.440. The molecule has 0 aromatic heterocycles. The topological polar surface area (TPSA) is 38.3 Å². The van der Waals surface area contributed by atoms with Gasteiger partial charge in [-0.15, -0.1) is 11.6 Å². The van der Waals surface area contributed by atoms with Gasteiger partial charge in [0.2, 0.25) is 0 Å². The van der Waals surface area contributed by atoms with Gasteiger partial charge in [-0.25, -0.2) is 4.79 Å². The minimum atomic E-state index is -0.450. The summed E-state index contributed by atoms with van der Waals surface area (Å²) in [4.78, 5) is 11.3. The summed E-state index contributed by atoms with van der Waals surface area (Å²) in [5.41, 5.74) is -0.450. The molecule has 0 aliphatic rings. The zero-order valence-corrected chi connectivity index (χ0v) is 10.3. The maximum Gasteiger partial charge on any atom is 0.407 e. The molecule has 0 spiro atoms. The van der Waals surface area contributed by atoms with E-state index in [2.05, 4.69) is 5.32 Å². The van der Waals surface area contributed by atoms with Gasteiger partial charge in [-0.2, -0.15) is 0 Å². The molecule has 2 atom stereocenters. The van der Waals surface area contributed by atoms with Crippen LogP contribution in [0.15, 0.2) is 0 Å². The molecule has 0 bridgehead atoms. The fraction of sp³-hybridized carbons (Fsp3) is 0.900. The van der Waals surface area contributed by atoms with Crippen molar-refractivity contribution in [3.8, 4) is 0 Å². The van der Waals surface area contributed by atoms with E-state index in [0.29, 0.717) is 5.88 Å². The van der Waals surface area contributed by atoms with Crippen molar-refractivity contribution in [3.63, 3.8) is 0 Å². The van der Waals surface area contributed by atoms with E-state index in [4.69, 9.17) is 16.3 Å². The summed E-state index contributed by atoms with van der Waals surface area (Å²) in [5.74, 6) is 0.765. The molecule has 1 N–H and O–H groups in total. The van der Waals surface area contributed by atoms with Crippen molar-refractivity contribution in [2.45, 2.75) is 46.3 Å². The van der Waals surface area contributed by atoms with Crippen molar-refractivity contribution in [2.24, 2.45) is 5.92 Å². The molecule has 0 heterocycles. The normalized spacial score (nSPS) is 15.9. The third-order valence-corrected chi connectivity index (χ3v) is 2.33. The van der Waals surface area contributed by atoms with Crippen LogP contribution >= 0.6 is 11.6 Å². The number of hydrogen-bond donors (Lipinski definition) is 1. The maximum atomic E-state index is 11.3. The Balaban J connectivity index is 3.95. The van der Waals surface area contributed by atoms with Crippen molar-refractivity contribution in [3.05, 3.63) is 0 Å². The predicted molar refractivity (Wildman–Crippen MR) is 58.7 cm³/mol. The number of carbonyl (C=O) groups excluding carboxylic acids is 1. The highest BCUT2D eigenvalue weighted by Crippen LogP contribution is 2.09. The summed E-state index contributed by atoms with van der Waals surface area (Å²) < 4.78 is 5.11. The van der Waals surface area contributed by atoms with Crippen LogP contribution in [0.3, 0.4) is 0 Å². The lowest BCUT2D eigenvalue weighted by Gasteiger charge is -2.23. The first-order valence-electron chi connectivity index (χ1n) is 4.81. The molecular formula is C10H20ClNO2. The number of alkyl carbamates (subject to hydrolysis) is 1. The fourth-order valence-corrected chi connectivity index (χ4v) is 1.04. The molecule has 2 unspecified atom stereocenters. The third kappa shape index (κ3) is 6.08. The Morgan fingerprint density at radius 1 is 1.43 bits per heavy atom. The summed E-state index contributed by atoms with van der Waals surface area (Å²) in [6.07, 6.45) is -0.387. The summed E-state index contributed by atoms with van der Waals surface area (Å²) in [6.45, 7) is 9.40. The highest BCUT2D eigenvalue weighted by molar-refractivity contribution is 6.18. The Kier molecular flexibility index (Phi) is 5.27. The van der Waals surface area contributed by atoms with Crippen molar-refractivity contribution in [1.82, 2.24) is 5.32 Å². The van der Waals surface area contributed by atoms with Crippen molar-refractivity contribution >= 4 is 17.7 Å². The molecule has 84 valence electrons. The Bertz CT molecular complexity index is 189. The van der Waals surface area contributed by atoms with E-state index in [0.717, 1.165) is 0 Å². The zero-order chi connectivity index (χ0) is 11.4. The summed E-state index contributed by atoms with van der Waals surface area (Å²) >= 11 is 5.67. The highest BCUT2D eigenvalue weighted by atomic mass is 35.5. The van der Waals surface area contributed by atoms with Gasteiger partial charge < -0.3 is 10.1 Å². The molecule has 4 heteroatoms. The molecule has 3 nitrogen and oxygen atoms in total.